The first-order valence-electron chi connectivity index (χ1n) is 4.81. The second-order valence-corrected chi connectivity index (χ2v) is 5.48. The smallest absolute Gasteiger partial charge is 0.241 e. The van der Waals surface area contributed by atoms with Crippen LogP contribution in [0.2, 0.25) is 0 Å². The van der Waals surface area contributed by atoms with Crippen LogP contribution in [-0.4, -0.2) is 10.7 Å². The molecule has 3 rings (SSSR count). The van der Waals surface area contributed by atoms with Crippen molar-refractivity contribution in [2.75, 3.05) is 5.32 Å². The van der Waals surface area contributed by atoms with Crippen molar-refractivity contribution in [1.29, 1.82) is 0 Å². The van der Waals surface area contributed by atoms with Crippen LogP contribution in [0.25, 0.3) is 0 Å². The number of anilines is 1. The van der Waals surface area contributed by atoms with Crippen molar-refractivity contribution in [3.05, 3.63) is 23.8 Å². The predicted octanol–water partition coefficient (Wildman–Crippen LogP) is 2.57. The summed E-state index contributed by atoms with van der Waals surface area (Å²) in [7, 11) is 0. The Morgan fingerprint density at radius 2 is 2.21 bits per heavy atom. The number of aryl methyl sites for hydroxylation is 1. The van der Waals surface area contributed by atoms with Crippen LogP contribution in [0.15, 0.2) is 23.1 Å². The number of carbonyl (C=O) groups excluding carboxylic acids is 1. The van der Waals surface area contributed by atoms with E-state index in [4.69, 9.17) is 0 Å². The summed E-state index contributed by atoms with van der Waals surface area (Å²) in [5, 5.41) is 2.99. The molecule has 0 saturated heterocycles. The Morgan fingerprint density at radius 3 is 2.93 bits per heavy atom. The van der Waals surface area contributed by atoms with Crippen LogP contribution in [0.5, 0.6) is 0 Å². The highest BCUT2D eigenvalue weighted by molar-refractivity contribution is 8.02. The van der Waals surface area contributed by atoms with E-state index in [1.807, 2.05) is 13.0 Å². The third kappa shape index (κ3) is 1.08. The highest BCUT2D eigenvalue weighted by Crippen LogP contribution is 2.56. The monoisotopic (exact) mass is 205 g/mol. The van der Waals surface area contributed by atoms with Gasteiger partial charge in [0.05, 0.1) is 10.4 Å². The van der Waals surface area contributed by atoms with Gasteiger partial charge < -0.3 is 5.32 Å². The first kappa shape index (κ1) is 8.36. The molecule has 2 aliphatic rings. The van der Waals surface area contributed by atoms with Crippen LogP contribution in [0.3, 0.4) is 0 Å². The highest BCUT2D eigenvalue weighted by Gasteiger charge is 2.53. The number of hydrogen-bond acceptors (Lipinski definition) is 2. The molecular weight excluding hydrogens is 194 g/mol. The van der Waals surface area contributed by atoms with Gasteiger partial charge in [0.2, 0.25) is 5.91 Å². The number of amides is 1. The maximum Gasteiger partial charge on any atom is 0.241 e. The molecule has 0 aromatic heterocycles. The highest BCUT2D eigenvalue weighted by atomic mass is 32.2. The number of hydrogen-bond donors (Lipinski definition) is 1. The molecule has 1 N–H and O–H groups in total. The van der Waals surface area contributed by atoms with Gasteiger partial charge in [-0.15, -0.1) is 11.8 Å². The van der Waals surface area contributed by atoms with Crippen molar-refractivity contribution in [3.63, 3.8) is 0 Å². The third-order valence-corrected chi connectivity index (χ3v) is 4.37. The Kier molecular flexibility index (Phi) is 1.52. The zero-order chi connectivity index (χ0) is 9.76. The molecule has 72 valence electrons. The molecule has 0 unspecified atom stereocenters. The van der Waals surface area contributed by atoms with E-state index in [1.165, 1.54) is 10.5 Å². The molecule has 1 fully saturated rings. The molecule has 0 radical (unpaired) electrons. The molecule has 1 aliphatic heterocycles. The second kappa shape index (κ2) is 2.54. The summed E-state index contributed by atoms with van der Waals surface area (Å²) in [6.07, 6.45) is 2.05. The third-order valence-electron chi connectivity index (χ3n) is 2.81. The van der Waals surface area contributed by atoms with Crippen molar-refractivity contribution in [3.8, 4) is 0 Å². The average Bonchev–Trinajstić information content (AvgIpc) is 2.89. The SMILES string of the molecule is Cc1ccc2c(c1)NC(=O)C1(CC1)S2. The minimum Gasteiger partial charge on any atom is -0.324 e. The van der Waals surface area contributed by atoms with Crippen molar-refractivity contribution >= 4 is 23.4 Å². The van der Waals surface area contributed by atoms with Crippen LogP contribution in [-0.2, 0) is 4.79 Å². The Labute approximate surface area is 87.1 Å². The lowest BCUT2D eigenvalue weighted by atomic mass is 10.2. The fourth-order valence-electron chi connectivity index (χ4n) is 1.77. The van der Waals surface area contributed by atoms with E-state index in [2.05, 4.69) is 17.4 Å². The largest absolute Gasteiger partial charge is 0.324 e. The number of rotatable bonds is 0. The summed E-state index contributed by atoms with van der Waals surface area (Å²) in [6.45, 7) is 2.04. The van der Waals surface area contributed by atoms with E-state index >= 15 is 0 Å². The number of carbonyl (C=O) groups is 1. The number of benzene rings is 1. The van der Waals surface area contributed by atoms with Gasteiger partial charge in [0.1, 0.15) is 0 Å². The van der Waals surface area contributed by atoms with E-state index in [0.29, 0.717) is 0 Å². The molecule has 0 bridgehead atoms. The van der Waals surface area contributed by atoms with Crippen LogP contribution in [0, 0.1) is 6.92 Å². The number of fused-ring (bicyclic) bond motifs is 1. The van der Waals surface area contributed by atoms with E-state index in [9.17, 15) is 4.79 Å². The summed E-state index contributed by atoms with van der Waals surface area (Å²) in [5.41, 5.74) is 2.17. The lowest BCUT2D eigenvalue weighted by Gasteiger charge is -2.23. The molecule has 1 aliphatic carbocycles. The molecule has 1 saturated carbocycles. The van der Waals surface area contributed by atoms with Crippen LogP contribution < -0.4 is 5.32 Å². The fraction of sp³-hybridized carbons (Fsp3) is 0.364. The van der Waals surface area contributed by atoms with Crippen molar-refractivity contribution < 1.29 is 4.79 Å². The van der Waals surface area contributed by atoms with Crippen molar-refractivity contribution in [1.82, 2.24) is 0 Å². The maximum atomic E-state index is 11.7. The van der Waals surface area contributed by atoms with Gasteiger partial charge in [0.15, 0.2) is 0 Å². The van der Waals surface area contributed by atoms with Gasteiger partial charge in [-0.3, -0.25) is 4.79 Å². The standard InChI is InChI=1S/C11H11NOS/c1-7-2-3-9-8(6-7)12-10(13)11(14-9)4-5-11/h2-3,6H,4-5H2,1H3,(H,12,13). The minimum atomic E-state index is -0.109. The molecular formula is C11H11NOS. The van der Waals surface area contributed by atoms with E-state index in [1.54, 1.807) is 11.8 Å². The summed E-state index contributed by atoms with van der Waals surface area (Å²) in [5.74, 6) is 0.195. The van der Waals surface area contributed by atoms with Crippen LogP contribution in [0.4, 0.5) is 5.69 Å². The fourth-order valence-corrected chi connectivity index (χ4v) is 2.99. The number of nitrogens with one attached hydrogen (secondary N) is 1. The van der Waals surface area contributed by atoms with Gasteiger partial charge >= 0.3 is 0 Å². The number of thioether (sulfide) groups is 1. The molecule has 3 heteroatoms. The van der Waals surface area contributed by atoms with E-state index < -0.39 is 0 Å². The molecule has 1 aromatic rings. The summed E-state index contributed by atoms with van der Waals surface area (Å²) in [4.78, 5) is 12.9. The Morgan fingerprint density at radius 1 is 1.43 bits per heavy atom. The minimum absolute atomic E-state index is 0.109. The van der Waals surface area contributed by atoms with Gasteiger partial charge in [-0.1, -0.05) is 6.07 Å². The zero-order valence-electron chi connectivity index (χ0n) is 7.96. The molecule has 0 atom stereocenters. The van der Waals surface area contributed by atoms with Crippen molar-refractivity contribution in [2.45, 2.75) is 29.4 Å². The quantitative estimate of drug-likeness (QED) is 0.705. The van der Waals surface area contributed by atoms with E-state index in [-0.39, 0.29) is 10.7 Å². The van der Waals surface area contributed by atoms with E-state index in [0.717, 1.165) is 18.5 Å². The molecule has 2 nitrogen and oxygen atoms in total. The maximum absolute atomic E-state index is 11.7. The normalized spacial score (nSPS) is 21.6. The van der Waals surface area contributed by atoms with Crippen LogP contribution >= 0.6 is 11.8 Å². The zero-order valence-corrected chi connectivity index (χ0v) is 8.78. The van der Waals surface area contributed by atoms with Crippen LogP contribution in [0.1, 0.15) is 18.4 Å². The molecule has 1 heterocycles. The Balaban J connectivity index is 2.06. The van der Waals surface area contributed by atoms with Gasteiger partial charge in [-0.05, 0) is 37.5 Å². The molecule has 1 spiro atoms. The summed E-state index contributed by atoms with van der Waals surface area (Å²) < 4.78 is -0.109. The summed E-state index contributed by atoms with van der Waals surface area (Å²) in [6, 6.07) is 6.24. The van der Waals surface area contributed by atoms with Gasteiger partial charge in [-0.25, -0.2) is 0 Å². The average molecular weight is 205 g/mol. The first-order chi connectivity index (χ1) is 6.70. The second-order valence-electron chi connectivity index (χ2n) is 4.05. The summed E-state index contributed by atoms with van der Waals surface area (Å²) >= 11 is 1.73. The Hall–Kier alpha value is -0.960. The first-order valence-corrected chi connectivity index (χ1v) is 5.62. The molecule has 1 aromatic carbocycles. The van der Waals surface area contributed by atoms with Crippen molar-refractivity contribution in [2.24, 2.45) is 0 Å². The van der Waals surface area contributed by atoms with Gasteiger partial charge in [0, 0.05) is 4.90 Å². The topological polar surface area (TPSA) is 29.1 Å². The molecule has 14 heavy (non-hydrogen) atoms. The lowest BCUT2D eigenvalue weighted by Crippen LogP contribution is -2.30. The predicted molar refractivity (Wildman–Crippen MR) is 57.6 cm³/mol. The Bertz CT molecular complexity index is 423. The molecule has 1 amide bonds. The lowest BCUT2D eigenvalue weighted by molar-refractivity contribution is -0.116. The van der Waals surface area contributed by atoms with Gasteiger partial charge in [0.25, 0.3) is 0 Å². The van der Waals surface area contributed by atoms with Gasteiger partial charge in [-0.2, -0.15) is 0 Å².